The molecule has 0 saturated heterocycles. The summed E-state index contributed by atoms with van der Waals surface area (Å²) in [5.41, 5.74) is 5.14. The Bertz CT molecular complexity index is 930. The summed E-state index contributed by atoms with van der Waals surface area (Å²) >= 11 is 0. The second-order valence-corrected chi connectivity index (χ2v) is 7.53. The maximum absolute atomic E-state index is 12.7. The number of rotatable bonds is 10. The number of imidazole rings is 1. The summed E-state index contributed by atoms with van der Waals surface area (Å²) in [7, 11) is 1.64. The van der Waals surface area contributed by atoms with E-state index in [0.717, 1.165) is 24.1 Å². The molecule has 1 N–H and O–H groups in total. The van der Waals surface area contributed by atoms with Crippen molar-refractivity contribution in [2.45, 2.75) is 45.6 Å². The SMILES string of the molecule is CCCCc1ccc(-c2ccc(-n3cncc3C(=O)NC(CC)COC)cc2)cc1. The van der Waals surface area contributed by atoms with Gasteiger partial charge >= 0.3 is 0 Å². The van der Waals surface area contributed by atoms with Gasteiger partial charge in [0.2, 0.25) is 0 Å². The maximum Gasteiger partial charge on any atom is 0.270 e. The van der Waals surface area contributed by atoms with Crippen LogP contribution in [-0.4, -0.2) is 35.2 Å². The molecule has 3 rings (SSSR count). The van der Waals surface area contributed by atoms with Crippen LogP contribution in [0.15, 0.2) is 61.1 Å². The lowest BCUT2D eigenvalue weighted by Crippen LogP contribution is -2.38. The summed E-state index contributed by atoms with van der Waals surface area (Å²) in [5.74, 6) is -0.150. The van der Waals surface area contributed by atoms with Crippen LogP contribution in [0.5, 0.6) is 0 Å². The monoisotopic (exact) mass is 405 g/mol. The number of nitrogens with one attached hydrogen (secondary N) is 1. The molecule has 0 aliphatic heterocycles. The van der Waals surface area contributed by atoms with Crippen molar-refractivity contribution in [1.82, 2.24) is 14.9 Å². The molecular formula is C25H31N3O2. The van der Waals surface area contributed by atoms with Crippen LogP contribution in [0.25, 0.3) is 16.8 Å². The first kappa shape index (κ1) is 21.8. The third-order valence-electron chi connectivity index (χ3n) is 5.32. The van der Waals surface area contributed by atoms with Crippen LogP contribution in [0.4, 0.5) is 0 Å². The largest absolute Gasteiger partial charge is 0.383 e. The number of ether oxygens (including phenoxy) is 1. The number of aromatic nitrogens is 2. The first-order chi connectivity index (χ1) is 14.7. The number of benzene rings is 2. The summed E-state index contributed by atoms with van der Waals surface area (Å²) in [6, 6.07) is 17.0. The first-order valence-corrected chi connectivity index (χ1v) is 10.7. The number of nitrogens with zero attached hydrogens (tertiary/aromatic N) is 2. The Hall–Kier alpha value is -2.92. The summed E-state index contributed by atoms with van der Waals surface area (Å²) < 4.78 is 6.98. The molecule has 3 aromatic rings. The fourth-order valence-corrected chi connectivity index (χ4v) is 3.45. The van der Waals surface area contributed by atoms with E-state index in [1.807, 2.05) is 23.6 Å². The summed E-state index contributed by atoms with van der Waals surface area (Å²) in [4.78, 5) is 16.9. The van der Waals surface area contributed by atoms with Gasteiger partial charge in [-0.05, 0) is 48.1 Å². The van der Waals surface area contributed by atoms with Crippen molar-refractivity contribution in [2.75, 3.05) is 13.7 Å². The molecule has 30 heavy (non-hydrogen) atoms. The van der Waals surface area contributed by atoms with Crippen molar-refractivity contribution in [3.8, 4) is 16.8 Å². The molecule has 0 spiro atoms. The number of carbonyl (C=O) groups excluding carboxylic acids is 1. The van der Waals surface area contributed by atoms with Gasteiger partial charge < -0.3 is 10.1 Å². The van der Waals surface area contributed by atoms with Gasteiger partial charge in [-0.15, -0.1) is 0 Å². The standard InChI is InChI=1S/C25H31N3O2/c1-4-6-7-19-8-10-20(11-9-19)21-12-14-23(15-13-21)28-18-26-16-24(28)25(29)27-22(5-2)17-30-3/h8-16,18,22H,4-7,17H2,1-3H3,(H,27,29). The Morgan fingerprint density at radius 2 is 1.73 bits per heavy atom. The number of hydrogen-bond donors (Lipinski definition) is 1. The smallest absolute Gasteiger partial charge is 0.270 e. The topological polar surface area (TPSA) is 56.2 Å². The zero-order chi connectivity index (χ0) is 21.3. The highest BCUT2D eigenvalue weighted by atomic mass is 16.5. The fraction of sp³-hybridized carbons (Fsp3) is 0.360. The third-order valence-corrected chi connectivity index (χ3v) is 5.32. The van der Waals surface area contributed by atoms with Crippen LogP contribution in [0.3, 0.4) is 0 Å². The molecule has 0 bridgehead atoms. The lowest BCUT2D eigenvalue weighted by molar-refractivity contribution is 0.0888. The highest BCUT2D eigenvalue weighted by Gasteiger charge is 2.16. The van der Waals surface area contributed by atoms with E-state index in [9.17, 15) is 4.79 Å². The van der Waals surface area contributed by atoms with E-state index < -0.39 is 0 Å². The predicted octanol–water partition coefficient (Wildman–Crippen LogP) is 5.04. The molecule has 0 aliphatic carbocycles. The van der Waals surface area contributed by atoms with Crippen molar-refractivity contribution in [3.63, 3.8) is 0 Å². The van der Waals surface area contributed by atoms with Gasteiger partial charge in [-0.3, -0.25) is 9.36 Å². The van der Waals surface area contributed by atoms with Crippen molar-refractivity contribution >= 4 is 5.91 Å². The van der Waals surface area contributed by atoms with E-state index in [-0.39, 0.29) is 11.9 Å². The van der Waals surface area contributed by atoms with Gasteiger partial charge in [-0.2, -0.15) is 0 Å². The van der Waals surface area contributed by atoms with Gasteiger partial charge in [0.05, 0.1) is 25.2 Å². The lowest BCUT2D eigenvalue weighted by Gasteiger charge is -2.16. The second kappa shape index (κ2) is 10.7. The summed E-state index contributed by atoms with van der Waals surface area (Å²) in [6.45, 7) is 4.73. The molecule has 0 saturated carbocycles. The van der Waals surface area contributed by atoms with E-state index in [1.165, 1.54) is 24.0 Å². The number of carbonyl (C=O) groups is 1. The molecular weight excluding hydrogens is 374 g/mol. The Morgan fingerprint density at radius 1 is 1.07 bits per heavy atom. The highest BCUT2D eigenvalue weighted by molar-refractivity contribution is 5.93. The van der Waals surface area contributed by atoms with Crippen molar-refractivity contribution in [1.29, 1.82) is 0 Å². The number of hydrogen-bond acceptors (Lipinski definition) is 3. The molecule has 1 heterocycles. The maximum atomic E-state index is 12.7. The zero-order valence-electron chi connectivity index (χ0n) is 18.1. The summed E-state index contributed by atoms with van der Waals surface area (Å²) in [5, 5.41) is 3.01. The Morgan fingerprint density at radius 3 is 2.33 bits per heavy atom. The Balaban J connectivity index is 1.74. The minimum atomic E-state index is -0.150. The molecule has 158 valence electrons. The Kier molecular flexibility index (Phi) is 7.80. The molecule has 2 aromatic carbocycles. The molecule has 0 fully saturated rings. The van der Waals surface area contributed by atoms with Gasteiger partial charge in [0.15, 0.2) is 0 Å². The molecule has 1 aromatic heterocycles. The van der Waals surface area contributed by atoms with Crippen molar-refractivity contribution in [3.05, 3.63) is 72.3 Å². The lowest BCUT2D eigenvalue weighted by atomic mass is 10.0. The van der Waals surface area contributed by atoms with Gasteiger partial charge in [0.1, 0.15) is 5.69 Å². The van der Waals surface area contributed by atoms with Gasteiger partial charge in [0.25, 0.3) is 5.91 Å². The van der Waals surface area contributed by atoms with E-state index in [4.69, 9.17) is 4.74 Å². The molecule has 1 amide bonds. The van der Waals surface area contributed by atoms with Crippen LogP contribution >= 0.6 is 0 Å². The van der Waals surface area contributed by atoms with Crippen LogP contribution in [0.2, 0.25) is 0 Å². The fourth-order valence-electron chi connectivity index (χ4n) is 3.45. The average molecular weight is 406 g/mol. The number of methoxy groups -OCH3 is 1. The quantitative estimate of drug-likeness (QED) is 0.514. The van der Waals surface area contributed by atoms with Crippen LogP contribution < -0.4 is 5.32 Å². The van der Waals surface area contributed by atoms with E-state index in [1.54, 1.807) is 19.6 Å². The van der Waals surface area contributed by atoms with Crippen LogP contribution in [0.1, 0.15) is 49.2 Å². The molecule has 5 heteroatoms. The number of unbranched alkanes of at least 4 members (excludes halogenated alkanes) is 1. The van der Waals surface area contributed by atoms with Crippen molar-refractivity contribution in [2.24, 2.45) is 0 Å². The van der Waals surface area contributed by atoms with Gasteiger partial charge in [0, 0.05) is 12.8 Å². The second-order valence-electron chi connectivity index (χ2n) is 7.53. The van der Waals surface area contributed by atoms with E-state index >= 15 is 0 Å². The molecule has 0 aliphatic rings. The Labute approximate surface area is 179 Å². The third kappa shape index (κ3) is 5.36. The highest BCUT2D eigenvalue weighted by Crippen LogP contribution is 2.23. The minimum Gasteiger partial charge on any atom is -0.383 e. The van der Waals surface area contributed by atoms with Crippen LogP contribution in [0, 0.1) is 0 Å². The number of amides is 1. The summed E-state index contributed by atoms with van der Waals surface area (Å²) in [6.07, 6.45) is 7.63. The van der Waals surface area contributed by atoms with Crippen molar-refractivity contribution < 1.29 is 9.53 Å². The molecule has 0 radical (unpaired) electrons. The zero-order valence-corrected chi connectivity index (χ0v) is 18.1. The van der Waals surface area contributed by atoms with Gasteiger partial charge in [-0.1, -0.05) is 56.7 Å². The molecule has 1 atom stereocenters. The number of aryl methyl sites for hydroxylation is 1. The van der Waals surface area contributed by atoms with Gasteiger partial charge in [-0.25, -0.2) is 4.98 Å². The molecule has 5 nitrogen and oxygen atoms in total. The predicted molar refractivity (Wildman–Crippen MR) is 121 cm³/mol. The van der Waals surface area contributed by atoms with E-state index in [2.05, 4.69) is 53.6 Å². The molecule has 1 unspecified atom stereocenters. The van der Waals surface area contributed by atoms with E-state index in [0.29, 0.717) is 12.3 Å². The average Bonchev–Trinajstić information content (AvgIpc) is 3.28. The normalized spacial score (nSPS) is 12.0. The first-order valence-electron chi connectivity index (χ1n) is 10.7. The van der Waals surface area contributed by atoms with Crippen LogP contribution in [-0.2, 0) is 11.2 Å². The minimum absolute atomic E-state index is 0.0199.